The van der Waals surface area contributed by atoms with Crippen LogP contribution in [0.4, 0.5) is 52.7 Å². The van der Waals surface area contributed by atoms with Gasteiger partial charge in [-0.2, -0.15) is 57.7 Å². The summed E-state index contributed by atoms with van der Waals surface area (Å²) in [5.74, 6) is -3.34. The van der Waals surface area contributed by atoms with E-state index in [1.165, 1.54) is 19.1 Å². The van der Waals surface area contributed by atoms with Crippen LogP contribution >= 0.6 is 0 Å². The Bertz CT molecular complexity index is 1950. The fraction of sp³-hybridized carbons (Fsp3) is 0.206. The Balaban J connectivity index is 1.67. The molecule has 2 amide bonds. The Morgan fingerprint density at radius 1 is 0.635 bits per heavy atom. The van der Waals surface area contributed by atoms with E-state index in [1.807, 2.05) is 0 Å². The third-order valence-electron chi connectivity index (χ3n) is 7.37. The standard InChI is InChI=1S/C34H23F12N3O3/c1-16(47)48-30(52)27(8-17-2-4-18(5-3-17)20-9-22(31(35,36)37)14-23(10-20)32(38,39)40)49-29(51)26-13-19(6-7-28(26)50)21-11-24(33(41,42)43)15-25(12-21)34(44,45)46/h2-7,9-15,27,50H,8H2,1H3,(H,49,51)(H2,47,48,52). The Kier molecular flexibility index (Phi) is 10.7. The number of halogens is 12. The molecule has 0 aliphatic rings. The summed E-state index contributed by atoms with van der Waals surface area (Å²) < 4.78 is 161. The summed E-state index contributed by atoms with van der Waals surface area (Å²) in [6, 6.07) is 7.45. The van der Waals surface area contributed by atoms with Crippen molar-refractivity contribution in [3.63, 3.8) is 0 Å². The van der Waals surface area contributed by atoms with Gasteiger partial charge in [-0.25, -0.2) is 0 Å². The minimum Gasteiger partial charge on any atom is -0.507 e. The Morgan fingerprint density at radius 2 is 1.04 bits per heavy atom. The van der Waals surface area contributed by atoms with Crippen molar-refractivity contribution in [3.8, 4) is 28.0 Å². The molecule has 0 aromatic heterocycles. The summed E-state index contributed by atoms with van der Waals surface area (Å²) in [7, 11) is 0. The summed E-state index contributed by atoms with van der Waals surface area (Å²) in [5.41, 5.74) is -2.85. The number of amides is 2. The zero-order valence-corrected chi connectivity index (χ0v) is 26.1. The topological polar surface area (TPSA) is 105 Å². The number of carbonyl (C=O) groups is 2. The first-order valence-corrected chi connectivity index (χ1v) is 14.5. The van der Waals surface area contributed by atoms with Crippen LogP contribution in [-0.2, 0) is 35.9 Å². The third-order valence-corrected chi connectivity index (χ3v) is 7.37. The quantitative estimate of drug-likeness (QED) is 0.0997. The second-order valence-corrected chi connectivity index (χ2v) is 11.3. The molecule has 0 saturated heterocycles. The number of nitrogens with zero attached hydrogens (tertiary/aromatic N) is 1. The van der Waals surface area contributed by atoms with E-state index in [1.54, 1.807) is 0 Å². The SMILES string of the molecule is CC(N)=NC(=O)C(Cc1ccc(-c2cc(C(F)(F)F)cc(C(F)(F)F)c2)cc1)NC(=O)c1cc(-c2cc(C(F)(F)F)cc(C(F)(F)F)c2)ccc1O. The summed E-state index contributed by atoms with van der Waals surface area (Å²) in [4.78, 5) is 29.8. The van der Waals surface area contributed by atoms with Crippen LogP contribution in [-0.4, -0.2) is 28.8 Å². The number of phenolic OH excluding ortho intramolecular Hbond substituents is 1. The van der Waals surface area contributed by atoms with Gasteiger partial charge in [0.2, 0.25) is 0 Å². The van der Waals surface area contributed by atoms with Crippen LogP contribution in [0, 0.1) is 0 Å². The van der Waals surface area contributed by atoms with E-state index in [0.717, 1.165) is 30.3 Å². The number of aliphatic imine (C=N–C) groups is 1. The van der Waals surface area contributed by atoms with E-state index in [2.05, 4.69) is 10.3 Å². The Morgan fingerprint density at radius 3 is 1.44 bits per heavy atom. The molecule has 0 aliphatic carbocycles. The molecule has 52 heavy (non-hydrogen) atoms. The number of benzene rings is 4. The number of amidine groups is 1. The molecule has 0 spiro atoms. The van der Waals surface area contributed by atoms with E-state index < -0.39 is 93.7 Å². The van der Waals surface area contributed by atoms with Gasteiger partial charge in [-0.1, -0.05) is 30.3 Å². The smallest absolute Gasteiger partial charge is 0.416 e. The maximum atomic E-state index is 13.4. The molecule has 4 N–H and O–H groups in total. The van der Waals surface area contributed by atoms with E-state index in [0.29, 0.717) is 24.3 Å². The molecule has 1 unspecified atom stereocenters. The molecule has 1 atom stereocenters. The molecule has 0 bridgehead atoms. The van der Waals surface area contributed by atoms with Crippen LogP contribution in [0.15, 0.2) is 83.9 Å². The van der Waals surface area contributed by atoms with E-state index in [4.69, 9.17) is 5.73 Å². The van der Waals surface area contributed by atoms with Gasteiger partial charge >= 0.3 is 24.7 Å². The van der Waals surface area contributed by atoms with Crippen LogP contribution < -0.4 is 11.1 Å². The number of aromatic hydroxyl groups is 1. The van der Waals surface area contributed by atoms with Crippen molar-refractivity contribution in [2.45, 2.75) is 44.1 Å². The van der Waals surface area contributed by atoms with Crippen molar-refractivity contribution in [1.82, 2.24) is 5.32 Å². The number of rotatable bonds is 7. The van der Waals surface area contributed by atoms with E-state index >= 15 is 0 Å². The predicted molar refractivity (Wildman–Crippen MR) is 163 cm³/mol. The molecule has 0 heterocycles. The molecule has 4 aromatic carbocycles. The second-order valence-electron chi connectivity index (χ2n) is 11.3. The number of nitrogens with two attached hydrogens (primary N) is 1. The highest BCUT2D eigenvalue weighted by atomic mass is 19.4. The van der Waals surface area contributed by atoms with Crippen molar-refractivity contribution in [3.05, 3.63) is 112 Å². The van der Waals surface area contributed by atoms with Crippen LogP contribution in [0.1, 0.15) is 45.1 Å². The first-order valence-electron chi connectivity index (χ1n) is 14.5. The highest BCUT2D eigenvalue weighted by Gasteiger charge is 2.38. The first-order chi connectivity index (χ1) is 23.8. The fourth-order valence-electron chi connectivity index (χ4n) is 4.90. The lowest BCUT2D eigenvalue weighted by Gasteiger charge is -2.18. The molecule has 4 rings (SSSR count). The monoisotopic (exact) mass is 749 g/mol. The molecule has 0 aliphatic heterocycles. The normalized spacial score (nSPS) is 13.5. The minimum absolute atomic E-state index is 0.0381. The van der Waals surface area contributed by atoms with Gasteiger partial charge < -0.3 is 16.2 Å². The van der Waals surface area contributed by atoms with E-state index in [-0.39, 0.29) is 34.7 Å². The zero-order valence-electron chi connectivity index (χ0n) is 26.1. The summed E-state index contributed by atoms with van der Waals surface area (Å²) in [5, 5.41) is 12.6. The lowest BCUT2D eigenvalue weighted by molar-refractivity contribution is -0.144. The molecule has 4 aromatic rings. The summed E-state index contributed by atoms with van der Waals surface area (Å²) in [6.45, 7) is 1.22. The van der Waals surface area contributed by atoms with E-state index in [9.17, 15) is 67.4 Å². The van der Waals surface area contributed by atoms with Crippen molar-refractivity contribution in [2.24, 2.45) is 10.7 Å². The number of alkyl halides is 12. The Labute approximate surface area is 285 Å². The molecule has 18 heteroatoms. The van der Waals surface area contributed by atoms with Gasteiger partial charge in [0.25, 0.3) is 11.8 Å². The van der Waals surface area contributed by atoms with Gasteiger partial charge in [0.1, 0.15) is 11.8 Å². The number of phenols is 1. The number of nitrogens with one attached hydrogen (secondary N) is 1. The maximum Gasteiger partial charge on any atom is 0.416 e. The molecule has 0 radical (unpaired) electrons. The lowest BCUT2D eigenvalue weighted by atomic mass is 9.96. The maximum absolute atomic E-state index is 13.4. The molecule has 0 fully saturated rings. The summed E-state index contributed by atoms with van der Waals surface area (Å²) in [6.07, 6.45) is -21.0. The molecular formula is C34H23F12N3O3. The van der Waals surface area contributed by atoms with Crippen molar-refractivity contribution >= 4 is 17.6 Å². The average Bonchev–Trinajstić information content (AvgIpc) is 3.02. The van der Waals surface area contributed by atoms with Crippen molar-refractivity contribution < 1.29 is 67.4 Å². The fourth-order valence-corrected chi connectivity index (χ4v) is 4.90. The number of hydrogen-bond donors (Lipinski definition) is 3. The zero-order chi connectivity index (χ0) is 39.0. The molecule has 0 saturated carbocycles. The molecular weight excluding hydrogens is 726 g/mol. The highest BCUT2D eigenvalue weighted by Crippen LogP contribution is 2.40. The first kappa shape index (κ1) is 39.2. The van der Waals surface area contributed by atoms with Gasteiger partial charge in [-0.15, -0.1) is 0 Å². The van der Waals surface area contributed by atoms with Gasteiger partial charge in [0, 0.05) is 6.42 Å². The third kappa shape index (κ3) is 9.61. The van der Waals surface area contributed by atoms with Crippen molar-refractivity contribution in [2.75, 3.05) is 0 Å². The van der Waals surface area contributed by atoms with Crippen LogP contribution in [0.5, 0.6) is 5.75 Å². The average molecular weight is 750 g/mol. The van der Waals surface area contributed by atoms with Crippen LogP contribution in [0.3, 0.4) is 0 Å². The van der Waals surface area contributed by atoms with Gasteiger partial charge in [0.15, 0.2) is 0 Å². The predicted octanol–water partition coefficient (Wildman–Crippen LogP) is 9.05. The van der Waals surface area contributed by atoms with Crippen LogP contribution in [0.2, 0.25) is 0 Å². The number of carbonyl (C=O) groups excluding carboxylic acids is 2. The number of hydrogen-bond acceptors (Lipinski definition) is 3. The van der Waals surface area contributed by atoms with Gasteiger partial charge in [0.05, 0.1) is 33.7 Å². The highest BCUT2D eigenvalue weighted by molar-refractivity contribution is 6.02. The molecule has 276 valence electrons. The van der Waals surface area contributed by atoms with Crippen molar-refractivity contribution in [1.29, 1.82) is 0 Å². The van der Waals surface area contributed by atoms with Gasteiger partial charge in [-0.05, 0) is 83.3 Å². The molecule has 6 nitrogen and oxygen atoms in total. The minimum atomic E-state index is -5.18. The van der Waals surface area contributed by atoms with Crippen LogP contribution in [0.25, 0.3) is 22.3 Å². The Hall–Kier alpha value is -5.55. The summed E-state index contributed by atoms with van der Waals surface area (Å²) >= 11 is 0. The van der Waals surface area contributed by atoms with Gasteiger partial charge in [-0.3, -0.25) is 9.59 Å². The largest absolute Gasteiger partial charge is 0.507 e. The second kappa shape index (κ2) is 14.2. The lowest BCUT2D eigenvalue weighted by Crippen LogP contribution is -2.42.